The van der Waals surface area contributed by atoms with Gasteiger partial charge in [0.1, 0.15) is 0 Å². The number of hydrogen-bond acceptors (Lipinski definition) is 1. The number of hydrogen-bond donors (Lipinski definition) is 1. The number of nitrogens with one attached hydrogen (secondary N) is 1. The minimum absolute atomic E-state index is 0.977. The lowest BCUT2D eigenvalue weighted by Crippen LogP contribution is -2.09. The third kappa shape index (κ3) is 3.35. The predicted octanol–water partition coefficient (Wildman–Crippen LogP) is 3.01. The zero-order valence-corrected chi connectivity index (χ0v) is 9.30. The van der Waals surface area contributed by atoms with Crippen molar-refractivity contribution in [3.8, 4) is 0 Å². The summed E-state index contributed by atoms with van der Waals surface area (Å²) in [7, 11) is 1.98. The van der Waals surface area contributed by atoms with Gasteiger partial charge in [0.2, 0.25) is 0 Å². The van der Waals surface area contributed by atoms with Crippen LogP contribution < -0.4 is 5.32 Å². The lowest BCUT2D eigenvalue weighted by Gasteiger charge is -2.03. The summed E-state index contributed by atoms with van der Waals surface area (Å²) >= 11 is 0. The highest BCUT2D eigenvalue weighted by molar-refractivity contribution is 5.53. The van der Waals surface area contributed by atoms with Crippen LogP contribution in [0.25, 0.3) is 6.08 Å². The molecule has 1 aromatic carbocycles. The van der Waals surface area contributed by atoms with Crippen molar-refractivity contribution in [2.45, 2.75) is 20.3 Å². The average molecular weight is 189 g/mol. The van der Waals surface area contributed by atoms with Gasteiger partial charge in [-0.05, 0) is 26.0 Å². The smallest absolute Gasteiger partial charge is 0.0164 e. The van der Waals surface area contributed by atoms with Gasteiger partial charge in [-0.1, -0.05) is 48.4 Å². The molecule has 0 spiro atoms. The van der Waals surface area contributed by atoms with Gasteiger partial charge in [0.25, 0.3) is 0 Å². The van der Waals surface area contributed by atoms with Crippen molar-refractivity contribution >= 4 is 6.08 Å². The van der Waals surface area contributed by atoms with E-state index in [0.29, 0.717) is 0 Å². The molecule has 76 valence electrons. The minimum atomic E-state index is 0.977. The van der Waals surface area contributed by atoms with E-state index in [1.54, 1.807) is 0 Å². The van der Waals surface area contributed by atoms with Crippen molar-refractivity contribution < 1.29 is 0 Å². The van der Waals surface area contributed by atoms with Crippen LogP contribution in [-0.4, -0.2) is 13.6 Å². The fraction of sp³-hybridized carbons (Fsp3) is 0.385. The summed E-state index contributed by atoms with van der Waals surface area (Å²) in [6.45, 7) is 5.28. The van der Waals surface area contributed by atoms with E-state index in [1.165, 1.54) is 16.7 Å². The normalized spacial score (nSPS) is 11.8. The molecule has 0 fully saturated rings. The average Bonchev–Trinajstić information content (AvgIpc) is 2.20. The standard InChI is InChI=1S/C13H19N/c1-4-12(10-14-3)9-13-7-5-11(2)6-8-13/h5-9,14H,4,10H2,1-3H3. The summed E-state index contributed by atoms with van der Waals surface area (Å²) in [6.07, 6.45) is 3.37. The molecule has 0 unspecified atom stereocenters. The van der Waals surface area contributed by atoms with E-state index in [1.807, 2.05) is 7.05 Å². The van der Waals surface area contributed by atoms with Gasteiger partial charge in [-0.15, -0.1) is 0 Å². The maximum absolute atomic E-state index is 3.18. The van der Waals surface area contributed by atoms with E-state index >= 15 is 0 Å². The second kappa shape index (κ2) is 5.61. The zero-order valence-electron chi connectivity index (χ0n) is 9.30. The molecule has 0 aliphatic rings. The van der Waals surface area contributed by atoms with E-state index in [2.05, 4.69) is 49.5 Å². The molecule has 1 heteroatoms. The molecular formula is C13H19N. The van der Waals surface area contributed by atoms with Crippen molar-refractivity contribution in [2.75, 3.05) is 13.6 Å². The van der Waals surface area contributed by atoms with Crippen LogP contribution in [0, 0.1) is 6.92 Å². The van der Waals surface area contributed by atoms with Gasteiger partial charge in [-0.3, -0.25) is 0 Å². The van der Waals surface area contributed by atoms with Crippen molar-refractivity contribution in [1.29, 1.82) is 0 Å². The molecule has 0 saturated heterocycles. The Bertz CT molecular complexity index is 296. The number of rotatable bonds is 4. The highest BCUT2D eigenvalue weighted by atomic mass is 14.8. The van der Waals surface area contributed by atoms with Gasteiger partial charge in [-0.25, -0.2) is 0 Å². The summed E-state index contributed by atoms with van der Waals surface area (Å²) in [5, 5.41) is 3.18. The first-order valence-electron chi connectivity index (χ1n) is 5.17. The monoisotopic (exact) mass is 189 g/mol. The molecule has 0 saturated carbocycles. The second-order valence-electron chi connectivity index (χ2n) is 3.60. The van der Waals surface area contributed by atoms with Crippen LogP contribution in [0.3, 0.4) is 0 Å². The maximum atomic E-state index is 3.18. The molecule has 1 N–H and O–H groups in total. The Hall–Kier alpha value is -1.08. The third-order valence-electron chi connectivity index (χ3n) is 2.31. The Labute approximate surface area is 86.8 Å². The van der Waals surface area contributed by atoms with Crippen LogP contribution in [0.1, 0.15) is 24.5 Å². The van der Waals surface area contributed by atoms with Crippen LogP contribution in [0.2, 0.25) is 0 Å². The van der Waals surface area contributed by atoms with Crippen LogP contribution in [0.5, 0.6) is 0 Å². The van der Waals surface area contributed by atoms with Crippen molar-refractivity contribution in [3.05, 3.63) is 41.0 Å². The molecule has 1 aromatic rings. The Kier molecular flexibility index (Phi) is 4.41. The molecule has 14 heavy (non-hydrogen) atoms. The molecule has 0 radical (unpaired) electrons. The molecule has 1 nitrogen and oxygen atoms in total. The molecule has 0 aromatic heterocycles. The van der Waals surface area contributed by atoms with Crippen LogP contribution in [0.4, 0.5) is 0 Å². The lowest BCUT2D eigenvalue weighted by atomic mass is 10.1. The van der Waals surface area contributed by atoms with Gasteiger partial charge in [-0.2, -0.15) is 0 Å². The number of likely N-dealkylation sites (N-methyl/N-ethyl adjacent to an activating group) is 1. The van der Waals surface area contributed by atoms with Crippen LogP contribution >= 0.6 is 0 Å². The van der Waals surface area contributed by atoms with Gasteiger partial charge >= 0.3 is 0 Å². The largest absolute Gasteiger partial charge is 0.316 e. The van der Waals surface area contributed by atoms with Gasteiger partial charge in [0, 0.05) is 6.54 Å². The minimum Gasteiger partial charge on any atom is -0.316 e. The predicted molar refractivity (Wildman–Crippen MR) is 63.4 cm³/mol. The molecule has 0 heterocycles. The summed E-state index contributed by atoms with van der Waals surface area (Å²) in [4.78, 5) is 0. The van der Waals surface area contributed by atoms with Crippen molar-refractivity contribution in [1.82, 2.24) is 5.32 Å². The molecule has 0 aliphatic heterocycles. The molecule has 0 aliphatic carbocycles. The van der Waals surface area contributed by atoms with E-state index < -0.39 is 0 Å². The fourth-order valence-corrected chi connectivity index (χ4v) is 1.40. The summed E-state index contributed by atoms with van der Waals surface area (Å²) in [6, 6.07) is 8.64. The Balaban J connectivity index is 2.78. The fourth-order valence-electron chi connectivity index (χ4n) is 1.40. The van der Waals surface area contributed by atoms with Crippen LogP contribution in [0.15, 0.2) is 29.8 Å². The molecule has 0 atom stereocenters. The zero-order chi connectivity index (χ0) is 10.4. The second-order valence-corrected chi connectivity index (χ2v) is 3.60. The summed E-state index contributed by atoms with van der Waals surface area (Å²) < 4.78 is 0. The van der Waals surface area contributed by atoms with Crippen LogP contribution in [-0.2, 0) is 0 Å². The molecule has 0 bridgehead atoms. The number of benzene rings is 1. The molecule has 0 amide bonds. The quantitative estimate of drug-likeness (QED) is 0.767. The third-order valence-corrected chi connectivity index (χ3v) is 2.31. The Morgan fingerprint density at radius 2 is 1.93 bits per heavy atom. The Morgan fingerprint density at radius 3 is 2.43 bits per heavy atom. The van der Waals surface area contributed by atoms with Crippen molar-refractivity contribution in [3.63, 3.8) is 0 Å². The van der Waals surface area contributed by atoms with E-state index in [4.69, 9.17) is 0 Å². The first-order chi connectivity index (χ1) is 6.76. The first kappa shape index (κ1) is 11.0. The summed E-state index contributed by atoms with van der Waals surface area (Å²) in [5.41, 5.74) is 4.05. The molecule has 1 rings (SSSR count). The lowest BCUT2D eigenvalue weighted by molar-refractivity contribution is 0.851. The highest BCUT2D eigenvalue weighted by Crippen LogP contribution is 2.10. The van der Waals surface area contributed by atoms with Gasteiger partial charge in [0.15, 0.2) is 0 Å². The van der Waals surface area contributed by atoms with E-state index in [-0.39, 0.29) is 0 Å². The number of aryl methyl sites for hydroxylation is 1. The maximum Gasteiger partial charge on any atom is 0.0164 e. The van der Waals surface area contributed by atoms with E-state index in [9.17, 15) is 0 Å². The Morgan fingerprint density at radius 1 is 1.29 bits per heavy atom. The molecular weight excluding hydrogens is 170 g/mol. The van der Waals surface area contributed by atoms with Gasteiger partial charge < -0.3 is 5.32 Å². The van der Waals surface area contributed by atoms with E-state index in [0.717, 1.165) is 13.0 Å². The highest BCUT2D eigenvalue weighted by Gasteiger charge is 1.93. The summed E-state index contributed by atoms with van der Waals surface area (Å²) in [5.74, 6) is 0. The van der Waals surface area contributed by atoms with Gasteiger partial charge in [0.05, 0.1) is 0 Å². The van der Waals surface area contributed by atoms with Crippen molar-refractivity contribution in [2.24, 2.45) is 0 Å². The SMILES string of the molecule is CCC(=Cc1ccc(C)cc1)CNC. The topological polar surface area (TPSA) is 12.0 Å². The first-order valence-corrected chi connectivity index (χ1v) is 5.17.